The second kappa shape index (κ2) is 15.8. The van der Waals surface area contributed by atoms with Gasteiger partial charge in [-0.3, -0.25) is 0 Å². The minimum atomic E-state index is 0. The Hall–Kier alpha value is -0.677. The molecule has 15 heavy (non-hydrogen) atoms. The molecule has 0 aliphatic rings. The average Bonchev–Trinajstić information content (AvgIpc) is 2.94. The summed E-state index contributed by atoms with van der Waals surface area (Å²) >= 11 is 0. The van der Waals surface area contributed by atoms with E-state index in [4.69, 9.17) is 0 Å². The fourth-order valence-electron chi connectivity index (χ4n) is 0.642. The van der Waals surface area contributed by atoms with Crippen LogP contribution in [0.2, 0.25) is 0 Å². The quantitative estimate of drug-likeness (QED) is 0.538. The number of unbranched alkanes of at least 4 members (excludes halogenated alkanes) is 1. The molecule has 0 N–H and O–H groups in total. The predicted octanol–water partition coefficient (Wildman–Crippen LogP) is 4.43. The molecule has 0 spiro atoms. The normalized spacial score (nSPS) is 7.33. The van der Waals surface area contributed by atoms with E-state index in [0.29, 0.717) is 0 Å². The van der Waals surface area contributed by atoms with Gasteiger partial charge in [0.15, 0.2) is 0 Å². The first-order valence-electron chi connectivity index (χ1n) is 5.04. The monoisotopic (exact) mass is 289 g/mol. The van der Waals surface area contributed by atoms with E-state index >= 15 is 0 Å². The maximum Gasteiger partial charge on any atom is 3.00 e. The van der Waals surface area contributed by atoms with Crippen molar-refractivity contribution in [3.8, 4) is 0 Å². The summed E-state index contributed by atoms with van der Waals surface area (Å²) in [6.07, 6.45) is 2.28. The standard InChI is InChI=1S/2C5H5.C4H9.Ru/c2*1-2-4-5-3-1;1-3-4-2;/h2*1-5H;1,3-4H2,2H3;/q3*-1;+3. The van der Waals surface area contributed by atoms with Gasteiger partial charge in [0.05, 0.1) is 0 Å². The third-order valence-corrected chi connectivity index (χ3v) is 1.46. The van der Waals surface area contributed by atoms with Gasteiger partial charge in [-0.05, 0) is 0 Å². The molecule has 0 aromatic heterocycles. The first-order chi connectivity index (χ1) is 6.91. The van der Waals surface area contributed by atoms with E-state index in [0.717, 1.165) is 6.42 Å². The van der Waals surface area contributed by atoms with Crippen LogP contribution >= 0.6 is 0 Å². The first-order valence-corrected chi connectivity index (χ1v) is 5.04. The van der Waals surface area contributed by atoms with Crippen molar-refractivity contribution in [2.45, 2.75) is 19.8 Å². The molecule has 0 atom stereocenters. The van der Waals surface area contributed by atoms with Gasteiger partial charge in [0.25, 0.3) is 0 Å². The fourth-order valence-corrected chi connectivity index (χ4v) is 0.642. The second-order valence-electron chi connectivity index (χ2n) is 2.78. The summed E-state index contributed by atoms with van der Waals surface area (Å²) in [6.45, 7) is 5.72. The maximum absolute atomic E-state index is 3.60. The van der Waals surface area contributed by atoms with Crippen LogP contribution in [-0.2, 0) is 19.5 Å². The molecule has 2 aromatic rings. The summed E-state index contributed by atoms with van der Waals surface area (Å²) < 4.78 is 0. The van der Waals surface area contributed by atoms with Crippen LogP contribution in [0.4, 0.5) is 0 Å². The SMILES string of the molecule is [CH2-]CCC.[Ru+3].c1cc[cH-]c1.c1cc[cH-]c1. The van der Waals surface area contributed by atoms with Crippen LogP contribution in [0, 0.1) is 6.92 Å². The van der Waals surface area contributed by atoms with Crippen LogP contribution in [0.1, 0.15) is 19.8 Å². The van der Waals surface area contributed by atoms with Crippen LogP contribution < -0.4 is 0 Å². The summed E-state index contributed by atoms with van der Waals surface area (Å²) in [4.78, 5) is 0. The van der Waals surface area contributed by atoms with E-state index in [1.807, 2.05) is 60.7 Å². The summed E-state index contributed by atoms with van der Waals surface area (Å²) in [7, 11) is 0. The van der Waals surface area contributed by atoms with Crippen LogP contribution in [0.15, 0.2) is 60.7 Å². The van der Waals surface area contributed by atoms with Gasteiger partial charge >= 0.3 is 19.5 Å². The zero-order valence-electron chi connectivity index (χ0n) is 9.25. The minimum absolute atomic E-state index is 0. The first kappa shape index (κ1) is 16.7. The molecule has 0 unspecified atom stereocenters. The van der Waals surface area contributed by atoms with Crippen LogP contribution in [0.25, 0.3) is 0 Å². The smallest absolute Gasteiger partial charge is 0.343 e. The molecule has 0 heterocycles. The van der Waals surface area contributed by atoms with Crippen molar-refractivity contribution in [2.75, 3.05) is 0 Å². The molecule has 0 nitrogen and oxygen atoms in total. The number of hydrogen-bond donors (Lipinski definition) is 0. The Morgan fingerprint density at radius 2 is 1.13 bits per heavy atom. The molecule has 2 aromatic carbocycles. The topological polar surface area (TPSA) is 0 Å². The third-order valence-electron chi connectivity index (χ3n) is 1.46. The molecule has 1 heteroatoms. The summed E-state index contributed by atoms with van der Waals surface area (Å²) in [5.74, 6) is 0. The number of hydrogen-bond acceptors (Lipinski definition) is 0. The Bertz CT molecular complexity index is 167. The maximum atomic E-state index is 3.60. The Balaban J connectivity index is 0. The minimum Gasteiger partial charge on any atom is -0.343 e. The van der Waals surface area contributed by atoms with Gasteiger partial charge in [-0.1, -0.05) is 13.3 Å². The molecule has 0 amide bonds. The van der Waals surface area contributed by atoms with Gasteiger partial charge in [0.1, 0.15) is 0 Å². The molecule has 0 saturated heterocycles. The largest absolute Gasteiger partial charge is 3.00 e. The molecule has 0 saturated carbocycles. The van der Waals surface area contributed by atoms with E-state index in [1.54, 1.807) is 0 Å². The zero-order valence-corrected chi connectivity index (χ0v) is 11.0. The molecule has 0 aliphatic carbocycles. The third kappa shape index (κ3) is 16.0. The number of rotatable bonds is 1. The van der Waals surface area contributed by atoms with E-state index in [9.17, 15) is 0 Å². The van der Waals surface area contributed by atoms with Gasteiger partial charge in [-0.15, -0.1) is 0 Å². The van der Waals surface area contributed by atoms with Crippen molar-refractivity contribution < 1.29 is 19.5 Å². The Morgan fingerprint density at radius 1 is 0.867 bits per heavy atom. The Kier molecular flexibility index (Phi) is 17.6. The second-order valence-corrected chi connectivity index (χ2v) is 2.78. The Morgan fingerprint density at radius 3 is 1.20 bits per heavy atom. The van der Waals surface area contributed by atoms with Crippen LogP contribution in [0.3, 0.4) is 0 Å². The van der Waals surface area contributed by atoms with Gasteiger partial charge in [0.2, 0.25) is 0 Å². The predicted molar refractivity (Wildman–Crippen MR) is 64.3 cm³/mol. The van der Waals surface area contributed by atoms with Gasteiger partial charge in [0, 0.05) is 0 Å². The summed E-state index contributed by atoms with van der Waals surface area (Å²) in [6, 6.07) is 20.0. The molecular formula is C14H19Ru. The van der Waals surface area contributed by atoms with Gasteiger partial charge < -0.3 is 6.92 Å². The molecular weight excluding hydrogens is 269 g/mol. The molecule has 2 rings (SSSR count). The van der Waals surface area contributed by atoms with E-state index < -0.39 is 0 Å². The van der Waals surface area contributed by atoms with E-state index in [2.05, 4.69) is 13.8 Å². The molecule has 1 radical (unpaired) electrons. The zero-order chi connectivity index (χ0) is 10.5. The fraction of sp³-hybridized carbons (Fsp3) is 0.214. The summed E-state index contributed by atoms with van der Waals surface area (Å²) in [5.41, 5.74) is 0. The van der Waals surface area contributed by atoms with Crippen LogP contribution in [0.5, 0.6) is 0 Å². The molecule has 0 aliphatic heterocycles. The van der Waals surface area contributed by atoms with Crippen molar-refractivity contribution in [3.63, 3.8) is 0 Å². The van der Waals surface area contributed by atoms with Crippen molar-refractivity contribution in [1.29, 1.82) is 0 Å². The van der Waals surface area contributed by atoms with E-state index in [1.165, 1.54) is 6.42 Å². The van der Waals surface area contributed by atoms with Gasteiger partial charge in [-0.25, -0.2) is 24.3 Å². The Labute approximate surface area is 107 Å². The molecule has 0 bridgehead atoms. The van der Waals surface area contributed by atoms with Crippen molar-refractivity contribution in [3.05, 3.63) is 67.6 Å². The van der Waals surface area contributed by atoms with Crippen molar-refractivity contribution in [2.24, 2.45) is 0 Å². The molecule has 0 fully saturated rings. The summed E-state index contributed by atoms with van der Waals surface area (Å²) in [5, 5.41) is 0. The van der Waals surface area contributed by atoms with Crippen molar-refractivity contribution in [1.82, 2.24) is 0 Å². The van der Waals surface area contributed by atoms with E-state index in [-0.39, 0.29) is 19.5 Å². The molecule has 83 valence electrons. The van der Waals surface area contributed by atoms with Crippen molar-refractivity contribution >= 4 is 0 Å². The van der Waals surface area contributed by atoms with Gasteiger partial charge in [-0.2, -0.15) is 42.8 Å². The van der Waals surface area contributed by atoms with Crippen LogP contribution in [-0.4, -0.2) is 0 Å². The average molecular weight is 288 g/mol.